The normalized spacial score (nSPS) is 12.4. The smallest absolute Gasteiger partial charge is 0.320 e. The highest BCUT2D eigenvalue weighted by molar-refractivity contribution is 5.73. The zero-order valence-electron chi connectivity index (χ0n) is 12.4. The first kappa shape index (κ1) is 16.4. The summed E-state index contributed by atoms with van der Waals surface area (Å²) in [4.78, 5) is 19.5. The van der Waals surface area contributed by atoms with Gasteiger partial charge in [-0.2, -0.15) is 0 Å². The molecular weight excluding hydrogens is 256 g/mol. The Bertz CT molecular complexity index is 406. The molecule has 0 saturated heterocycles. The number of aliphatic carboxylic acids is 1. The fourth-order valence-corrected chi connectivity index (χ4v) is 1.74. The Labute approximate surface area is 120 Å². The summed E-state index contributed by atoms with van der Waals surface area (Å²) >= 11 is 0. The van der Waals surface area contributed by atoms with Gasteiger partial charge in [0.25, 0.3) is 0 Å². The molecule has 20 heavy (non-hydrogen) atoms. The van der Waals surface area contributed by atoms with Crippen molar-refractivity contribution >= 4 is 11.9 Å². The second-order valence-electron chi connectivity index (χ2n) is 5.13. The van der Waals surface area contributed by atoms with Crippen molar-refractivity contribution in [3.8, 4) is 0 Å². The van der Waals surface area contributed by atoms with E-state index in [9.17, 15) is 4.79 Å². The van der Waals surface area contributed by atoms with Gasteiger partial charge in [-0.1, -0.05) is 19.8 Å². The third-order valence-corrected chi connectivity index (χ3v) is 2.82. The van der Waals surface area contributed by atoms with Gasteiger partial charge in [-0.25, -0.2) is 9.97 Å². The van der Waals surface area contributed by atoms with Crippen LogP contribution in [0.2, 0.25) is 0 Å². The van der Waals surface area contributed by atoms with Gasteiger partial charge >= 0.3 is 5.97 Å². The summed E-state index contributed by atoms with van der Waals surface area (Å²) in [5.74, 6) is -0.220. The molecule has 1 aromatic rings. The third kappa shape index (κ3) is 5.97. The number of unbranched alkanes of at least 4 members (excludes halogenated alkanes) is 1. The summed E-state index contributed by atoms with van der Waals surface area (Å²) in [6, 6.07) is -0.229. The van der Waals surface area contributed by atoms with Gasteiger partial charge in [0.2, 0.25) is 5.95 Å². The van der Waals surface area contributed by atoms with E-state index in [1.54, 1.807) is 12.4 Å². The molecule has 0 aliphatic rings. The van der Waals surface area contributed by atoms with E-state index in [2.05, 4.69) is 20.6 Å². The number of nitrogens with zero attached hydrogens (tertiary/aromatic N) is 2. The highest BCUT2D eigenvalue weighted by Gasteiger charge is 2.15. The van der Waals surface area contributed by atoms with Gasteiger partial charge < -0.3 is 15.7 Å². The largest absolute Gasteiger partial charge is 0.480 e. The number of hydrogen-bond donors (Lipinski definition) is 3. The molecule has 1 aromatic heterocycles. The van der Waals surface area contributed by atoms with E-state index >= 15 is 0 Å². The van der Waals surface area contributed by atoms with Crippen molar-refractivity contribution in [3.05, 3.63) is 18.0 Å². The molecule has 1 atom stereocenters. The SMILES string of the molecule is CCCCC(NCc1cnc(NC(C)C)nc1)C(=O)O. The molecule has 0 aromatic carbocycles. The Morgan fingerprint density at radius 3 is 2.50 bits per heavy atom. The molecule has 3 N–H and O–H groups in total. The molecule has 0 amide bonds. The van der Waals surface area contributed by atoms with Crippen LogP contribution in [0.1, 0.15) is 45.6 Å². The summed E-state index contributed by atoms with van der Waals surface area (Å²) in [6.07, 6.45) is 5.95. The maximum atomic E-state index is 11.1. The molecule has 0 aliphatic heterocycles. The zero-order valence-corrected chi connectivity index (χ0v) is 12.4. The third-order valence-electron chi connectivity index (χ3n) is 2.82. The lowest BCUT2D eigenvalue weighted by Crippen LogP contribution is -2.36. The van der Waals surface area contributed by atoms with E-state index in [0.29, 0.717) is 18.9 Å². The number of aromatic nitrogens is 2. The van der Waals surface area contributed by atoms with Crippen LogP contribution in [0.4, 0.5) is 5.95 Å². The number of nitrogens with one attached hydrogen (secondary N) is 2. The molecule has 6 nitrogen and oxygen atoms in total. The van der Waals surface area contributed by atoms with Crippen LogP contribution >= 0.6 is 0 Å². The number of rotatable bonds is 9. The van der Waals surface area contributed by atoms with Gasteiger partial charge in [-0.05, 0) is 20.3 Å². The molecule has 1 unspecified atom stereocenters. The van der Waals surface area contributed by atoms with E-state index < -0.39 is 12.0 Å². The zero-order chi connectivity index (χ0) is 15.0. The van der Waals surface area contributed by atoms with E-state index in [4.69, 9.17) is 5.11 Å². The lowest BCUT2D eigenvalue weighted by atomic mass is 10.1. The van der Waals surface area contributed by atoms with Crippen molar-refractivity contribution in [3.63, 3.8) is 0 Å². The second kappa shape index (κ2) is 8.47. The van der Waals surface area contributed by atoms with Crippen LogP contribution in [0.3, 0.4) is 0 Å². The van der Waals surface area contributed by atoms with E-state index in [0.717, 1.165) is 18.4 Å². The van der Waals surface area contributed by atoms with Crippen molar-refractivity contribution in [2.24, 2.45) is 0 Å². The van der Waals surface area contributed by atoms with Gasteiger partial charge in [0.15, 0.2) is 0 Å². The van der Waals surface area contributed by atoms with E-state index in [1.807, 2.05) is 20.8 Å². The highest BCUT2D eigenvalue weighted by atomic mass is 16.4. The molecule has 112 valence electrons. The first-order chi connectivity index (χ1) is 9.52. The summed E-state index contributed by atoms with van der Waals surface area (Å²) < 4.78 is 0. The Morgan fingerprint density at radius 1 is 1.35 bits per heavy atom. The highest BCUT2D eigenvalue weighted by Crippen LogP contribution is 2.05. The summed E-state index contributed by atoms with van der Waals surface area (Å²) in [5, 5.41) is 15.3. The summed E-state index contributed by atoms with van der Waals surface area (Å²) in [6.45, 7) is 6.55. The predicted octanol–water partition coefficient (Wildman–Crippen LogP) is 2.03. The first-order valence-electron chi connectivity index (χ1n) is 7.06. The topological polar surface area (TPSA) is 87.1 Å². The van der Waals surface area contributed by atoms with Crippen molar-refractivity contribution in [1.82, 2.24) is 15.3 Å². The molecule has 6 heteroatoms. The van der Waals surface area contributed by atoms with E-state index in [1.165, 1.54) is 0 Å². The van der Waals surface area contributed by atoms with Gasteiger partial charge in [0.05, 0.1) is 0 Å². The molecule has 0 fully saturated rings. The van der Waals surface area contributed by atoms with Crippen LogP contribution in [-0.2, 0) is 11.3 Å². The quantitative estimate of drug-likeness (QED) is 0.641. The van der Waals surface area contributed by atoms with Gasteiger partial charge in [0.1, 0.15) is 6.04 Å². The average molecular weight is 280 g/mol. The standard InChI is InChI=1S/C14H24N4O2/c1-4-5-6-12(13(19)20)15-7-11-8-16-14(17-9-11)18-10(2)3/h8-10,12,15H,4-7H2,1-3H3,(H,19,20)(H,16,17,18). The van der Waals surface area contributed by atoms with Crippen LogP contribution < -0.4 is 10.6 Å². The monoisotopic (exact) mass is 280 g/mol. The number of carboxylic acids is 1. The number of anilines is 1. The number of hydrogen-bond acceptors (Lipinski definition) is 5. The van der Waals surface area contributed by atoms with Crippen molar-refractivity contribution in [2.75, 3.05) is 5.32 Å². The molecule has 0 saturated carbocycles. The second-order valence-corrected chi connectivity index (χ2v) is 5.13. The molecule has 0 radical (unpaired) electrons. The van der Waals surface area contributed by atoms with Gasteiger partial charge in [0, 0.05) is 30.5 Å². The van der Waals surface area contributed by atoms with Crippen LogP contribution in [-0.4, -0.2) is 33.1 Å². The van der Waals surface area contributed by atoms with Crippen LogP contribution in [0.5, 0.6) is 0 Å². The molecular formula is C14H24N4O2. The molecule has 0 bridgehead atoms. The minimum Gasteiger partial charge on any atom is -0.480 e. The average Bonchev–Trinajstić information content (AvgIpc) is 2.39. The maximum absolute atomic E-state index is 11.1. The van der Waals surface area contributed by atoms with Crippen molar-refractivity contribution < 1.29 is 9.90 Å². The summed E-state index contributed by atoms with van der Waals surface area (Å²) in [5.41, 5.74) is 0.877. The maximum Gasteiger partial charge on any atom is 0.320 e. The van der Waals surface area contributed by atoms with Gasteiger partial charge in [-0.15, -0.1) is 0 Å². The predicted molar refractivity (Wildman–Crippen MR) is 78.6 cm³/mol. The minimum atomic E-state index is -0.808. The number of carbonyl (C=O) groups is 1. The molecule has 1 heterocycles. The lowest BCUT2D eigenvalue weighted by Gasteiger charge is -2.14. The van der Waals surface area contributed by atoms with Crippen LogP contribution in [0.15, 0.2) is 12.4 Å². The minimum absolute atomic E-state index is 0.282. The fourth-order valence-electron chi connectivity index (χ4n) is 1.74. The lowest BCUT2D eigenvalue weighted by molar-refractivity contribution is -0.139. The van der Waals surface area contributed by atoms with Crippen molar-refractivity contribution in [2.45, 2.75) is 58.7 Å². The first-order valence-corrected chi connectivity index (χ1v) is 7.06. The van der Waals surface area contributed by atoms with Crippen LogP contribution in [0.25, 0.3) is 0 Å². The Hall–Kier alpha value is -1.69. The summed E-state index contributed by atoms with van der Waals surface area (Å²) in [7, 11) is 0. The molecule has 0 spiro atoms. The molecule has 0 aliphatic carbocycles. The number of carboxylic acid groups (broad SMARTS) is 1. The fraction of sp³-hybridized carbons (Fsp3) is 0.643. The molecule has 1 rings (SSSR count). The van der Waals surface area contributed by atoms with Gasteiger partial charge in [-0.3, -0.25) is 4.79 Å². The van der Waals surface area contributed by atoms with Crippen molar-refractivity contribution in [1.29, 1.82) is 0 Å². The van der Waals surface area contributed by atoms with E-state index in [-0.39, 0.29) is 6.04 Å². The Morgan fingerprint density at radius 2 is 2.00 bits per heavy atom. The van der Waals surface area contributed by atoms with Crippen LogP contribution in [0, 0.1) is 0 Å². The Kier molecular flexibility index (Phi) is 6.93. The Balaban J connectivity index is 2.48.